The zero-order valence-electron chi connectivity index (χ0n) is 17.5. The molecule has 3 aliphatic rings. The molecular weight excluding hydrogens is 370 g/mol. The van der Waals surface area contributed by atoms with Crippen LogP contribution in [0.25, 0.3) is 0 Å². The molecule has 0 saturated carbocycles. The third kappa shape index (κ3) is 3.42. The SMILES string of the molecule is COc1cccc(CN2C[C@@]34C=C[C@@H](O3)C(C(=O)N(C)CCN(C)C)C4C2=O)c1. The standard InChI is InChI=1S/C22H29N3O4/c1-23(2)10-11-24(3)20(26)18-17-8-9-22(29-17)14-25(21(27)19(18)22)13-15-6-5-7-16(12-15)28-4/h5-9,12,17-19H,10-11,13-14H2,1-4H3/t17-,18?,19?,22-/m1/s1. The van der Waals surface area contributed by atoms with E-state index in [-0.39, 0.29) is 17.9 Å². The minimum Gasteiger partial charge on any atom is -0.497 e. The number of hydrogen-bond donors (Lipinski definition) is 0. The van der Waals surface area contributed by atoms with Gasteiger partial charge in [-0.1, -0.05) is 24.3 Å². The number of likely N-dealkylation sites (N-methyl/N-ethyl adjacent to an activating group) is 2. The van der Waals surface area contributed by atoms with Crippen LogP contribution in [-0.2, 0) is 20.9 Å². The second-order valence-electron chi connectivity index (χ2n) is 8.51. The molecule has 0 aromatic heterocycles. The number of carbonyl (C=O) groups excluding carboxylic acids is 2. The van der Waals surface area contributed by atoms with Crippen LogP contribution in [0.3, 0.4) is 0 Å². The summed E-state index contributed by atoms with van der Waals surface area (Å²) in [6, 6.07) is 7.72. The fraction of sp³-hybridized carbons (Fsp3) is 0.545. The minimum absolute atomic E-state index is 0.000899. The summed E-state index contributed by atoms with van der Waals surface area (Å²) in [6.45, 7) is 2.36. The molecule has 4 atom stereocenters. The number of carbonyl (C=O) groups is 2. The summed E-state index contributed by atoms with van der Waals surface area (Å²) in [5.41, 5.74) is 0.321. The maximum atomic E-state index is 13.3. The first kappa shape index (κ1) is 19.9. The van der Waals surface area contributed by atoms with Crippen molar-refractivity contribution < 1.29 is 19.1 Å². The quantitative estimate of drug-likeness (QED) is 0.640. The molecule has 3 aliphatic heterocycles. The smallest absolute Gasteiger partial charge is 0.230 e. The molecule has 156 valence electrons. The number of likely N-dealkylation sites (tertiary alicyclic amines) is 1. The largest absolute Gasteiger partial charge is 0.497 e. The van der Waals surface area contributed by atoms with Gasteiger partial charge in [0, 0.05) is 26.7 Å². The Kier molecular flexibility index (Phi) is 5.12. The van der Waals surface area contributed by atoms with E-state index in [0.717, 1.165) is 17.9 Å². The Morgan fingerprint density at radius 2 is 2.10 bits per heavy atom. The van der Waals surface area contributed by atoms with E-state index in [9.17, 15) is 9.59 Å². The van der Waals surface area contributed by atoms with Gasteiger partial charge in [0.25, 0.3) is 0 Å². The van der Waals surface area contributed by atoms with Crippen LogP contribution in [0.5, 0.6) is 5.75 Å². The average Bonchev–Trinajstić information content (AvgIpc) is 3.34. The van der Waals surface area contributed by atoms with E-state index in [2.05, 4.69) is 0 Å². The molecule has 2 amide bonds. The van der Waals surface area contributed by atoms with Gasteiger partial charge in [-0.05, 0) is 31.8 Å². The normalized spacial score (nSPS) is 29.6. The number of amides is 2. The van der Waals surface area contributed by atoms with Crippen molar-refractivity contribution in [2.75, 3.05) is 47.9 Å². The van der Waals surface area contributed by atoms with Crippen molar-refractivity contribution in [3.05, 3.63) is 42.0 Å². The van der Waals surface area contributed by atoms with Gasteiger partial charge >= 0.3 is 0 Å². The van der Waals surface area contributed by atoms with Crippen LogP contribution in [0.2, 0.25) is 0 Å². The van der Waals surface area contributed by atoms with Crippen molar-refractivity contribution >= 4 is 11.8 Å². The van der Waals surface area contributed by atoms with Gasteiger partial charge in [0.05, 0.1) is 31.6 Å². The molecule has 2 fully saturated rings. The average molecular weight is 399 g/mol. The Bertz CT molecular complexity index is 839. The fourth-order valence-corrected chi connectivity index (χ4v) is 4.70. The molecule has 2 saturated heterocycles. The summed E-state index contributed by atoms with van der Waals surface area (Å²) in [5.74, 6) is -0.142. The van der Waals surface area contributed by atoms with Crippen LogP contribution >= 0.6 is 0 Å². The van der Waals surface area contributed by atoms with Crippen LogP contribution in [0.4, 0.5) is 0 Å². The van der Waals surface area contributed by atoms with Crippen molar-refractivity contribution in [2.45, 2.75) is 18.2 Å². The lowest BCUT2D eigenvalue weighted by Crippen LogP contribution is -2.46. The number of benzene rings is 1. The summed E-state index contributed by atoms with van der Waals surface area (Å²) in [6.07, 6.45) is 3.65. The van der Waals surface area contributed by atoms with Gasteiger partial charge in [0.2, 0.25) is 11.8 Å². The molecule has 0 aliphatic carbocycles. The maximum Gasteiger partial charge on any atom is 0.230 e. The number of methoxy groups -OCH3 is 1. The molecular formula is C22H29N3O4. The van der Waals surface area contributed by atoms with Crippen LogP contribution in [0.1, 0.15) is 5.56 Å². The van der Waals surface area contributed by atoms with E-state index in [1.54, 1.807) is 12.0 Å². The van der Waals surface area contributed by atoms with E-state index >= 15 is 0 Å². The van der Waals surface area contributed by atoms with Crippen LogP contribution in [0, 0.1) is 11.8 Å². The second kappa shape index (κ2) is 7.46. The van der Waals surface area contributed by atoms with Gasteiger partial charge in [-0.3, -0.25) is 9.59 Å². The van der Waals surface area contributed by atoms with E-state index in [1.807, 2.05) is 67.4 Å². The van der Waals surface area contributed by atoms with Crippen molar-refractivity contribution in [1.82, 2.24) is 14.7 Å². The molecule has 0 N–H and O–H groups in total. The first-order chi connectivity index (χ1) is 13.8. The van der Waals surface area contributed by atoms with Crippen molar-refractivity contribution in [1.29, 1.82) is 0 Å². The number of nitrogens with zero attached hydrogens (tertiary/aromatic N) is 3. The molecule has 3 heterocycles. The summed E-state index contributed by atoms with van der Waals surface area (Å²) < 4.78 is 11.5. The lowest BCUT2D eigenvalue weighted by atomic mass is 9.76. The Balaban J connectivity index is 1.52. The molecule has 29 heavy (non-hydrogen) atoms. The number of hydrogen-bond acceptors (Lipinski definition) is 5. The summed E-state index contributed by atoms with van der Waals surface area (Å²) >= 11 is 0. The van der Waals surface area contributed by atoms with E-state index in [1.165, 1.54) is 0 Å². The predicted octanol–water partition coefficient (Wildman–Crippen LogP) is 0.997. The summed E-state index contributed by atoms with van der Waals surface area (Å²) in [7, 11) is 7.40. The highest BCUT2D eigenvalue weighted by molar-refractivity contribution is 5.93. The van der Waals surface area contributed by atoms with Gasteiger partial charge in [0.15, 0.2) is 0 Å². The first-order valence-electron chi connectivity index (χ1n) is 10.0. The Morgan fingerprint density at radius 1 is 1.31 bits per heavy atom. The molecule has 2 bridgehead atoms. The maximum absolute atomic E-state index is 13.3. The van der Waals surface area contributed by atoms with Crippen molar-refractivity contribution in [3.63, 3.8) is 0 Å². The summed E-state index contributed by atoms with van der Waals surface area (Å²) in [5, 5.41) is 0. The molecule has 7 nitrogen and oxygen atoms in total. The minimum atomic E-state index is -0.677. The third-order valence-electron chi connectivity index (χ3n) is 6.23. The topological polar surface area (TPSA) is 62.3 Å². The van der Waals surface area contributed by atoms with Gasteiger partial charge in [0.1, 0.15) is 11.4 Å². The molecule has 7 heteroatoms. The third-order valence-corrected chi connectivity index (χ3v) is 6.23. The lowest BCUT2D eigenvalue weighted by molar-refractivity contribution is -0.142. The second-order valence-corrected chi connectivity index (χ2v) is 8.51. The zero-order chi connectivity index (χ0) is 20.8. The van der Waals surface area contributed by atoms with Gasteiger partial charge in [-0.15, -0.1) is 0 Å². The highest BCUT2D eigenvalue weighted by atomic mass is 16.5. The monoisotopic (exact) mass is 399 g/mol. The van der Waals surface area contributed by atoms with E-state index < -0.39 is 17.4 Å². The van der Waals surface area contributed by atoms with Crippen LogP contribution < -0.4 is 4.74 Å². The Labute approximate surface area is 171 Å². The number of rotatable bonds is 7. The van der Waals surface area contributed by atoms with E-state index in [0.29, 0.717) is 19.6 Å². The lowest BCUT2D eigenvalue weighted by Gasteiger charge is -2.28. The highest BCUT2D eigenvalue weighted by Gasteiger charge is 2.67. The Hall–Kier alpha value is -2.38. The van der Waals surface area contributed by atoms with Crippen molar-refractivity contribution in [3.8, 4) is 5.75 Å². The molecule has 1 aromatic rings. The first-order valence-corrected chi connectivity index (χ1v) is 10.0. The van der Waals surface area contributed by atoms with Crippen LogP contribution in [0.15, 0.2) is 36.4 Å². The van der Waals surface area contributed by atoms with Crippen LogP contribution in [-0.4, -0.2) is 86.1 Å². The Morgan fingerprint density at radius 3 is 2.83 bits per heavy atom. The molecule has 0 radical (unpaired) electrons. The van der Waals surface area contributed by atoms with E-state index in [4.69, 9.17) is 9.47 Å². The van der Waals surface area contributed by atoms with Gasteiger partial charge < -0.3 is 24.2 Å². The number of fused-ring (bicyclic) bond motifs is 1. The molecule has 1 aromatic carbocycles. The number of ether oxygens (including phenoxy) is 2. The predicted molar refractivity (Wildman–Crippen MR) is 108 cm³/mol. The molecule has 1 spiro atoms. The molecule has 4 rings (SSSR count). The van der Waals surface area contributed by atoms with Crippen molar-refractivity contribution in [2.24, 2.45) is 11.8 Å². The highest BCUT2D eigenvalue weighted by Crippen LogP contribution is 2.52. The summed E-state index contributed by atoms with van der Waals surface area (Å²) in [4.78, 5) is 32.1. The van der Waals surface area contributed by atoms with Gasteiger partial charge in [-0.2, -0.15) is 0 Å². The fourth-order valence-electron chi connectivity index (χ4n) is 4.70. The molecule has 2 unspecified atom stereocenters. The zero-order valence-corrected chi connectivity index (χ0v) is 17.5. The van der Waals surface area contributed by atoms with Gasteiger partial charge in [-0.25, -0.2) is 0 Å².